The lowest BCUT2D eigenvalue weighted by Crippen LogP contribution is -2.14. The molecule has 2 unspecified atom stereocenters. The lowest BCUT2D eigenvalue weighted by molar-refractivity contribution is -0.146. The van der Waals surface area contributed by atoms with Gasteiger partial charge in [-0.05, 0) is 180 Å². The van der Waals surface area contributed by atoms with Crippen molar-refractivity contribution < 1.29 is 47.6 Å². The molecular formula is C78H90O10. The topological polar surface area (TPSA) is 124 Å². The Morgan fingerprint density at radius 3 is 0.943 bits per heavy atom. The van der Waals surface area contributed by atoms with E-state index in [0.29, 0.717) is 48.7 Å². The summed E-state index contributed by atoms with van der Waals surface area (Å²) >= 11 is 0. The Morgan fingerprint density at radius 1 is 0.307 bits per heavy atom. The van der Waals surface area contributed by atoms with Crippen molar-refractivity contribution in [3.05, 3.63) is 192 Å². The molecule has 10 nitrogen and oxygen atoms in total. The van der Waals surface area contributed by atoms with Gasteiger partial charge in [-0.1, -0.05) is 201 Å². The van der Waals surface area contributed by atoms with E-state index in [-0.39, 0.29) is 11.9 Å². The van der Waals surface area contributed by atoms with Gasteiger partial charge in [0.2, 0.25) is 0 Å². The van der Waals surface area contributed by atoms with Gasteiger partial charge in [-0.15, -0.1) is 0 Å². The van der Waals surface area contributed by atoms with Crippen LogP contribution in [0.3, 0.4) is 0 Å². The molecule has 0 saturated carbocycles. The van der Waals surface area contributed by atoms with Crippen molar-refractivity contribution in [3.63, 3.8) is 0 Å². The van der Waals surface area contributed by atoms with Gasteiger partial charge < -0.3 is 28.4 Å². The van der Waals surface area contributed by atoms with Gasteiger partial charge in [0.1, 0.15) is 23.0 Å². The lowest BCUT2D eigenvalue weighted by atomic mass is 9.98. The van der Waals surface area contributed by atoms with E-state index in [0.717, 1.165) is 105 Å². The molecule has 0 aliphatic rings. The van der Waals surface area contributed by atoms with E-state index in [9.17, 15) is 19.2 Å². The molecule has 0 amide bonds. The van der Waals surface area contributed by atoms with Crippen LogP contribution in [0, 0.1) is 0 Å². The first-order valence-corrected chi connectivity index (χ1v) is 32.6. The zero-order valence-corrected chi connectivity index (χ0v) is 52.4. The van der Waals surface area contributed by atoms with Gasteiger partial charge in [-0.25, -0.2) is 9.59 Å². The second-order valence-corrected chi connectivity index (χ2v) is 23.4. The van der Waals surface area contributed by atoms with E-state index in [1.54, 1.807) is 36.4 Å². The van der Waals surface area contributed by atoms with Crippen LogP contribution >= 0.6 is 0 Å². The highest BCUT2D eigenvalue weighted by Gasteiger charge is 2.20. The van der Waals surface area contributed by atoms with Gasteiger partial charge in [-0.3, -0.25) is 9.59 Å². The summed E-state index contributed by atoms with van der Waals surface area (Å²) in [5.41, 5.74) is 6.65. The van der Waals surface area contributed by atoms with E-state index < -0.39 is 23.8 Å². The fraction of sp³-hybridized carbons (Fsp3) is 0.385. The molecule has 462 valence electrons. The highest BCUT2D eigenvalue weighted by molar-refractivity contribution is 5.94. The van der Waals surface area contributed by atoms with Crippen LogP contribution in [0.5, 0.6) is 23.0 Å². The molecule has 8 aromatic carbocycles. The second-order valence-electron chi connectivity index (χ2n) is 23.4. The standard InChI is InChI=1S/C78H90O10/c1-5-7-9-11-13-15-17-21-49-83-71-43-37-61(38-44-71)59-25-29-63(30-26-59)77(81)87-73-47-41-67-53-65(33-35-69(67)55-73)57(3)75(79)85-51-23-19-20-24-52-86-76(80)58(4)66-34-36-70-56-74(48-42-68(70)54-66)88-78(82)64-31-27-60(28-32-64)62-39-45-72(46-40-62)84-50-22-18-16-14-12-10-8-6-2/h25-48,53-58H,5-24,49-52H2,1-4H3. The average molecular weight is 1190 g/mol. The number of hydrogen-bond acceptors (Lipinski definition) is 10. The van der Waals surface area contributed by atoms with Crippen LogP contribution in [0.2, 0.25) is 0 Å². The molecule has 0 bridgehead atoms. The number of unbranched alkanes of at least 4 members (excludes halogenated alkanes) is 17. The zero-order chi connectivity index (χ0) is 61.7. The highest BCUT2D eigenvalue weighted by atomic mass is 16.5. The number of rotatable bonds is 37. The Balaban J connectivity index is 0.680. The maximum atomic E-state index is 13.2. The number of carbonyl (C=O) groups excluding carboxylic acids is 4. The van der Waals surface area contributed by atoms with E-state index in [1.165, 1.54) is 89.9 Å². The molecule has 88 heavy (non-hydrogen) atoms. The summed E-state index contributed by atoms with van der Waals surface area (Å²) in [7, 11) is 0. The molecule has 0 aliphatic heterocycles. The molecule has 0 radical (unpaired) electrons. The Bertz CT molecular complexity index is 3210. The maximum Gasteiger partial charge on any atom is 0.343 e. The number of esters is 4. The summed E-state index contributed by atoms with van der Waals surface area (Å²) in [5.74, 6) is 0.193. The van der Waals surface area contributed by atoms with E-state index in [1.807, 2.05) is 147 Å². The number of benzene rings is 8. The Labute approximate surface area is 522 Å². The first kappa shape index (κ1) is 65.7. The number of ether oxygens (including phenoxy) is 6. The molecule has 8 aromatic rings. The summed E-state index contributed by atoms with van der Waals surface area (Å²) in [6, 6.07) is 53.5. The Kier molecular flexibility index (Phi) is 26.5. The van der Waals surface area contributed by atoms with Crippen LogP contribution < -0.4 is 18.9 Å². The van der Waals surface area contributed by atoms with Crippen molar-refractivity contribution >= 4 is 45.4 Å². The summed E-state index contributed by atoms with van der Waals surface area (Å²) in [4.78, 5) is 52.5. The second kappa shape index (κ2) is 35.5. The molecule has 0 spiro atoms. The number of hydrogen-bond donors (Lipinski definition) is 0. The van der Waals surface area contributed by atoms with Crippen LogP contribution in [0.25, 0.3) is 43.8 Å². The summed E-state index contributed by atoms with van der Waals surface area (Å²) in [6.07, 6.45) is 23.4. The fourth-order valence-electron chi connectivity index (χ4n) is 10.8. The van der Waals surface area contributed by atoms with Gasteiger partial charge in [-0.2, -0.15) is 0 Å². The molecule has 0 fully saturated rings. The molecule has 2 atom stereocenters. The highest BCUT2D eigenvalue weighted by Crippen LogP contribution is 2.31. The van der Waals surface area contributed by atoms with Crippen LogP contribution in [-0.2, 0) is 19.1 Å². The van der Waals surface area contributed by atoms with Crippen LogP contribution in [0.1, 0.15) is 200 Å². The maximum absolute atomic E-state index is 13.2. The van der Waals surface area contributed by atoms with Crippen LogP contribution in [0.4, 0.5) is 0 Å². The summed E-state index contributed by atoms with van der Waals surface area (Å²) in [6.45, 7) is 10.2. The summed E-state index contributed by atoms with van der Waals surface area (Å²) in [5, 5.41) is 3.60. The molecular weight excluding hydrogens is 1100 g/mol. The van der Waals surface area contributed by atoms with Crippen molar-refractivity contribution in [2.24, 2.45) is 0 Å². The predicted molar refractivity (Wildman–Crippen MR) is 355 cm³/mol. The predicted octanol–water partition coefficient (Wildman–Crippen LogP) is 20.4. The third kappa shape index (κ3) is 20.7. The van der Waals surface area contributed by atoms with Gasteiger partial charge in [0, 0.05) is 0 Å². The number of carbonyl (C=O) groups is 4. The van der Waals surface area contributed by atoms with E-state index >= 15 is 0 Å². The van der Waals surface area contributed by atoms with Crippen molar-refractivity contribution in [3.8, 4) is 45.3 Å². The van der Waals surface area contributed by atoms with Crippen LogP contribution in [0.15, 0.2) is 170 Å². The lowest BCUT2D eigenvalue weighted by Gasteiger charge is -2.14. The zero-order valence-electron chi connectivity index (χ0n) is 52.4. The van der Waals surface area contributed by atoms with Crippen LogP contribution in [-0.4, -0.2) is 50.3 Å². The quantitative estimate of drug-likeness (QED) is 0.0211. The van der Waals surface area contributed by atoms with Gasteiger partial charge in [0.05, 0.1) is 49.4 Å². The van der Waals surface area contributed by atoms with Gasteiger partial charge in [0.25, 0.3) is 0 Å². The average Bonchev–Trinajstić information content (AvgIpc) is 3.49. The van der Waals surface area contributed by atoms with Crippen molar-refractivity contribution in [1.82, 2.24) is 0 Å². The molecule has 0 saturated heterocycles. The van der Waals surface area contributed by atoms with Crippen molar-refractivity contribution in [1.29, 1.82) is 0 Å². The van der Waals surface area contributed by atoms with Gasteiger partial charge >= 0.3 is 23.9 Å². The van der Waals surface area contributed by atoms with Gasteiger partial charge in [0.15, 0.2) is 0 Å². The first-order valence-electron chi connectivity index (χ1n) is 32.6. The third-order valence-electron chi connectivity index (χ3n) is 16.5. The minimum absolute atomic E-state index is 0.294. The Hall–Kier alpha value is -8.24. The first-order chi connectivity index (χ1) is 43.0. The normalized spacial score (nSPS) is 11.9. The summed E-state index contributed by atoms with van der Waals surface area (Å²) < 4.78 is 34.9. The SMILES string of the molecule is CCCCCCCCCCOc1ccc(-c2ccc(C(=O)Oc3ccc4cc(C(C)C(=O)OCCCCCCOC(=O)C(C)c5ccc6cc(OC(=O)c7ccc(-c8ccc(OCCCCCCCCCC)cc8)cc7)ccc6c5)ccc4c3)cc2)cc1. The minimum atomic E-state index is -0.465. The molecule has 8 rings (SSSR count). The molecule has 10 heteroatoms. The van der Waals surface area contributed by atoms with Crippen molar-refractivity contribution in [2.75, 3.05) is 26.4 Å². The van der Waals surface area contributed by atoms with E-state index in [2.05, 4.69) is 13.8 Å². The molecule has 0 aliphatic carbocycles. The fourth-order valence-corrected chi connectivity index (χ4v) is 10.8. The monoisotopic (exact) mass is 1190 g/mol. The van der Waals surface area contributed by atoms with Crippen molar-refractivity contribution in [2.45, 2.75) is 168 Å². The molecule has 0 heterocycles. The smallest absolute Gasteiger partial charge is 0.343 e. The third-order valence-corrected chi connectivity index (χ3v) is 16.5. The van der Waals surface area contributed by atoms with E-state index in [4.69, 9.17) is 28.4 Å². The number of fused-ring (bicyclic) bond motifs is 2. The Morgan fingerprint density at radius 2 is 0.591 bits per heavy atom. The minimum Gasteiger partial charge on any atom is -0.494 e. The molecule has 0 aromatic heterocycles. The largest absolute Gasteiger partial charge is 0.494 e. The molecule has 0 N–H and O–H groups in total.